The summed E-state index contributed by atoms with van der Waals surface area (Å²) in [5, 5.41) is 18.5. The van der Waals surface area contributed by atoms with Gasteiger partial charge in [0, 0.05) is 95.2 Å². The number of aryl methyl sites for hydroxylation is 2. The van der Waals surface area contributed by atoms with E-state index >= 15 is 0 Å². The van der Waals surface area contributed by atoms with Crippen LogP contribution in [0, 0.1) is 13.8 Å². The Balaban J connectivity index is 0.000000928. The number of pyridine rings is 3. The quantitative estimate of drug-likeness (QED) is 0.0696. The van der Waals surface area contributed by atoms with Crippen LogP contribution in [-0.2, 0) is 16.1 Å². The second kappa shape index (κ2) is 41.6. The second-order valence-electron chi connectivity index (χ2n) is 16.7. The molecule has 9 rings (SSSR count). The Morgan fingerprint density at radius 1 is 0.646 bits per heavy atom. The summed E-state index contributed by atoms with van der Waals surface area (Å²) >= 11 is 13.0. The predicted molar refractivity (Wildman–Crippen MR) is 350 cm³/mol. The van der Waals surface area contributed by atoms with E-state index < -0.39 is 5.97 Å². The number of anilines is 6. The van der Waals surface area contributed by atoms with Gasteiger partial charge in [0.25, 0.3) is 11.8 Å². The summed E-state index contributed by atoms with van der Waals surface area (Å²) in [4.78, 5) is 60.6. The number of carbonyl (C=O) groups is 4. The van der Waals surface area contributed by atoms with Crippen LogP contribution in [0.25, 0.3) is 0 Å². The Morgan fingerprint density at radius 3 is 1.57 bits per heavy atom. The third-order valence-electron chi connectivity index (χ3n) is 10.2. The molecule has 0 aliphatic carbocycles. The fourth-order valence-electron chi connectivity index (χ4n) is 6.28. The van der Waals surface area contributed by atoms with E-state index in [1.807, 2.05) is 101 Å². The molecule has 0 atom stereocenters. The van der Waals surface area contributed by atoms with Crippen molar-refractivity contribution in [2.75, 3.05) is 77.6 Å². The van der Waals surface area contributed by atoms with Crippen molar-refractivity contribution in [3.63, 3.8) is 0 Å². The van der Waals surface area contributed by atoms with Gasteiger partial charge < -0.3 is 47.1 Å². The molecule has 16 nitrogen and oxygen atoms in total. The Kier molecular flexibility index (Phi) is 38.7. The van der Waals surface area contributed by atoms with Crippen LogP contribution in [0.15, 0.2) is 152 Å². The van der Waals surface area contributed by atoms with Gasteiger partial charge in [-0.25, -0.2) is 4.79 Å². The minimum absolute atomic E-state index is 0. The fourth-order valence-corrected chi connectivity index (χ4v) is 6.40. The van der Waals surface area contributed by atoms with Crippen molar-refractivity contribution in [1.29, 1.82) is 0 Å². The van der Waals surface area contributed by atoms with Crippen LogP contribution in [0.2, 0.25) is 5.02 Å². The van der Waals surface area contributed by atoms with E-state index in [1.54, 1.807) is 107 Å². The van der Waals surface area contributed by atoms with Crippen molar-refractivity contribution in [3.8, 4) is 0 Å². The van der Waals surface area contributed by atoms with Crippen molar-refractivity contribution in [2.24, 2.45) is 0 Å². The van der Waals surface area contributed by atoms with E-state index in [2.05, 4.69) is 90.8 Å². The number of aromatic nitrogens is 3. The molecule has 79 heavy (non-hydrogen) atoms. The summed E-state index contributed by atoms with van der Waals surface area (Å²) in [5.41, 5.74) is 20.5. The van der Waals surface area contributed by atoms with Gasteiger partial charge in [-0.2, -0.15) is 0 Å². The van der Waals surface area contributed by atoms with Gasteiger partial charge in [-0.05, 0) is 124 Å². The molecule has 7 aromatic rings. The van der Waals surface area contributed by atoms with Crippen molar-refractivity contribution >= 4 is 129 Å². The van der Waals surface area contributed by atoms with Gasteiger partial charge in [0.05, 0.1) is 51.2 Å². The molecule has 0 bridgehead atoms. The number of nitrogens with zero attached hydrogens (tertiary/aromatic N) is 5. The Bertz CT molecular complexity index is 2890. The Morgan fingerprint density at radius 2 is 1.10 bits per heavy atom. The maximum atomic E-state index is 12.1. The van der Waals surface area contributed by atoms with Crippen LogP contribution in [0.1, 0.15) is 85.8 Å². The number of nitrogens with two attached hydrogens (primary N) is 2. The number of benzene rings is 4. The number of nitrogen functional groups attached to an aromatic ring is 2. The number of rotatable bonds is 5. The summed E-state index contributed by atoms with van der Waals surface area (Å²) < 4.78 is 4.94. The number of carbonyl (C=O) groups excluding carboxylic acids is 3. The van der Waals surface area contributed by atoms with Crippen LogP contribution in [0.4, 0.5) is 34.1 Å². The molecule has 0 unspecified atom stereocenters. The van der Waals surface area contributed by atoms with Gasteiger partial charge in [0.15, 0.2) is 5.78 Å². The zero-order valence-electron chi connectivity index (χ0n) is 44.3. The molecule has 0 radical (unpaired) electrons. The molecule has 0 spiro atoms. The van der Waals surface area contributed by atoms with Gasteiger partial charge in [-0.15, -0.1) is 0 Å². The van der Waals surface area contributed by atoms with Crippen LogP contribution in [-0.4, -0.2) is 109 Å². The molecule has 2 amide bonds. The van der Waals surface area contributed by atoms with Crippen LogP contribution >= 0.6 is 71.5 Å². The first kappa shape index (κ1) is 73.6. The van der Waals surface area contributed by atoms with Crippen LogP contribution < -0.4 is 27.4 Å². The molecular formula is C58H75ClI3N10O6V. The summed E-state index contributed by atoms with van der Waals surface area (Å²) in [7, 11) is 10.6. The SMILES string of the molecule is C.C.C1CCOC1.CN(C)C(=O)c1ccccc1N.CNC.Cc1ccncc1Cl.Cc1ccncc1Nc1ccccc1C(=O)N(C)C.Nc1ccccc1C(=O)O.O=C1Cc2ccncc2Nc2ccccc21.[I][V]([I])[I]. The average Bonchev–Trinajstić information content (AvgIpc) is 3.97. The zero-order chi connectivity index (χ0) is 57.3. The first-order valence-electron chi connectivity index (χ1n) is 23.7. The molecule has 21 heteroatoms. The number of Topliss-reactive ketones (excluding diaryl/α,β-unsaturated/α-hetero) is 1. The normalized spacial score (nSPS) is 10.9. The molecule has 2 aliphatic heterocycles. The van der Waals surface area contributed by atoms with E-state index in [0.29, 0.717) is 28.9 Å². The van der Waals surface area contributed by atoms with Crippen molar-refractivity contribution in [1.82, 2.24) is 30.1 Å². The number of hydrogen-bond acceptors (Lipinski definition) is 13. The third kappa shape index (κ3) is 28.5. The minimum atomic E-state index is -0.988. The topological polar surface area (TPSA) is 231 Å². The summed E-state index contributed by atoms with van der Waals surface area (Å²) in [6.07, 6.45) is 13.3. The molecule has 5 heterocycles. The van der Waals surface area contributed by atoms with Crippen molar-refractivity contribution < 1.29 is 33.9 Å². The van der Waals surface area contributed by atoms with Gasteiger partial charge in [-0.1, -0.05) is 75.0 Å². The first-order valence-corrected chi connectivity index (χ1v) is 37.6. The molecular weight excluding hydrogens is 1400 g/mol. The number of carboxylic acid groups (broad SMARTS) is 1. The predicted octanol–water partition coefficient (Wildman–Crippen LogP) is 13.9. The molecule has 1 fully saturated rings. The van der Waals surface area contributed by atoms with Crippen LogP contribution in [0.5, 0.6) is 0 Å². The molecule has 4 aromatic carbocycles. The standard InChI is InChI=1S/C15H17N3O.C13H10N2O.C9H12N2O.C7H7NO2.C6H6ClN.C4H8O.C2H7N.2CH4.3HI.V/c1-11-8-9-16-10-14(11)17-13-7-5-4-6-12(13)15(19)18(2)3;16-13-7-9-5-6-14-8-12(9)15-11-4-2-1-3-10(11)13;1-11(2)9(12)7-5-3-4-6-8(7)10;8-6-4-2-1-3-5(6)7(9)10;1-5-2-3-8-4-6(5)7;1-2-4-5-3-1;1-3-2;;;;;;/h4-10,17H,1-3H3;1-6,8,15H,7H2;3-6H,10H2,1-2H3;1-4H,8H2,(H,9,10);2-4H,1H3;1-4H2;3H,1-2H3;2*1H4;3*1H;/q;;;;;;;;;;;;+3/p-3. The molecule has 8 N–H and O–H groups in total. The number of amides is 2. The number of ether oxygens (including phenoxy) is 1. The van der Waals surface area contributed by atoms with Gasteiger partial charge in [0.2, 0.25) is 0 Å². The molecule has 1 saturated heterocycles. The number of fused-ring (bicyclic) bond motifs is 2. The number of halogens is 4. The molecule has 426 valence electrons. The molecule has 0 saturated carbocycles. The number of ketones is 1. The number of hydrogen-bond donors (Lipinski definition) is 6. The van der Waals surface area contributed by atoms with Gasteiger partial charge in [-0.3, -0.25) is 29.3 Å². The van der Waals surface area contributed by atoms with E-state index in [0.717, 1.165) is 63.2 Å². The van der Waals surface area contributed by atoms with Crippen molar-refractivity contribution in [2.45, 2.75) is 48.0 Å². The average molecular weight is 1480 g/mol. The van der Waals surface area contributed by atoms with Crippen molar-refractivity contribution in [3.05, 3.63) is 196 Å². The number of carboxylic acids is 1. The van der Waals surface area contributed by atoms with E-state index in [9.17, 15) is 19.2 Å². The molecule has 2 aliphatic rings. The van der Waals surface area contributed by atoms with Gasteiger partial charge >= 0.3 is 70.8 Å². The first-order chi connectivity index (χ1) is 36.7. The molecule has 3 aromatic heterocycles. The maximum absolute atomic E-state index is 12.1. The number of para-hydroxylation sites is 4. The number of aromatic carboxylic acids is 1. The summed E-state index contributed by atoms with van der Waals surface area (Å²) in [6, 6.07) is 34.1. The zero-order valence-corrected chi connectivity index (χ0v) is 52.9. The van der Waals surface area contributed by atoms with Gasteiger partial charge in [0.1, 0.15) is 0 Å². The van der Waals surface area contributed by atoms with E-state index in [-0.39, 0.29) is 42.9 Å². The number of nitrogens with one attached hydrogen (secondary N) is 3. The summed E-state index contributed by atoms with van der Waals surface area (Å²) in [6.45, 7) is 5.95. The Hall–Kier alpha value is -5.41. The third-order valence-corrected chi connectivity index (χ3v) is 10.6. The monoisotopic (exact) mass is 1470 g/mol. The van der Waals surface area contributed by atoms with E-state index in [4.69, 9.17) is 32.9 Å². The van der Waals surface area contributed by atoms with E-state index in [1.165, 1.54) is 23.8 Å². The summed E-state index contributed by atoms with van der Waals surface area (Å²) in [5.74, 6) is -0.927. The fraction of sp³-hybridized carbons (Fsp3) is 0.259. The second-order valence-corrected chi connectivity index (χ2v) is 52.5. The Labute approximate surface area is 510 Å². The van der Waals surface area contributed by atoms with Crippen LogP contribution in [0.3, 0.4) is 0 Å².